The van der Waals surface area contributed by atoms with Gasteiger partial charge in [0.25, 0.3) is 0 Å². The molecule has 0 radical (unpaired) electrons. The number of ether oxygens (including phenoxy) is 2. The monoisotopic (exact) mass is 294 g/mol. The molecule has 1 aliphatic heterocycles. The van der Waals surface area contributed by atoms with E-state index in [0.717, 1.165) is 22.4 Å². The second kappa shape index (κ2) is 5.68. The van der Waals surface area contributed by atoms with E-state index in [1.165, 1.54) is 0 Å². The summed E-state index contributed by atoms with van der Waals surface area (Å²) >= 11 is 0. The summed E-state index contributed by atoms with van der Waals surface area (Å²) < 4.78 is 11.3. The minimum Gasteiger partial charge on any atom is -0.494 e. The zero-order valence-electron chi connectivity index (χ0n) is 13.0. The molecule has 22 heavy (non-hydrogen) atoms. The lowest BCUT2D eigenvalue weighted by atomic mass is 10.0. The Balaban J connectivity index is 1.98. The van der Waals surface area contributed by atoms with Crippen molar-refractivity contribution in [1.29, 1.82) is 0 Å². The number of carbonyl (C=O) groups is 1. The highest BCUT2D eigenvalue weighted by molar-refractivity contribution is 6.15. The molecule has 2 aromatic carbocycles. The second-order valence-electron chi connectivity index (χ2n) is 5.40. The van der Waals surface area contributed by atoms with Gasteiger partial charge in [-0.25, -0.2) is 0 Å². The Morgan fingerprint density at radius 3 is 2.73 bits per heavy atom. The Kier molecular flexibility index (Phi) is 3.72. The molecule has 0 spiro atoms. The van der Waals surface area contributed by atoms with Crippen molar-refractivity contribution in [3.05, 3.63) is 64.4 Å². The average molecular weight is 294 g/mol. The van der Waals surface area contributed by atoms with Gasteiger partial charge in [0, 0.05) is 6.07 Å². The largest absolute Gasteiger partial charge is 0.494 e. The first-order valence-corrected chi connectivity index (χ1v) is 7.37. The second-order valence-corrected chi connectivity index (χ2v) is 5.40. The van der Waals surface area contributed by atoms with Crippen LogP contribution in [0, 0.1) is 13.8 Å². The van der Waals surface area contributed by atoms with Crippen LogP contribution in [0.1, 0.15) is 34.0 Å². The molecule has 0 N–H and O–H groups in total. The molecule has 3 heteroatoms. The van der Waals surface area contributed by atoms with Crippen LogP contribution in [0.4, 0.5) is 0 Å². The van der Waals surface area contributed by atoms with E-state index in [2.05, 4.69) is 0 Å². The molecular weight excluding hydrogens is 276 g/mol. The number of ketones is 1. The first kappa shape index (κ1) is 14.4. The van der Waals surface area contributed by atoms with Gasteiger partial charge < -0.3 is 9.47 Å². The highest BCUT2D eigenvalue weighted by Gasteiger charge is 2.29. The van der Waals surface area contributed by atoms with E-state index >= 15 is 0 Å². The Bertz CT molecular complexity index is 772. The molecule has 0 saturated heterocycles. The lowest BCUT2D eigenvalue weighted by Crippen LogP contribution is -2.00. The molecule has 0 aliphatic carbocycles. The number of carbonyl (C=O) groups excluding carboxylic acids is 1. The summed E-state index contributed by atoms with van der Waals surface area (Å²) in [5, 5.41) is 0. The van der Waals surface area contributed by atoms with Crippen molar-refractivity contribution >= 4 is 11.9 Å². The van der Waals surface area contributed by atoms with E-state index in [1.54, 1.807) is 12.1 Å². The number of aryl methyl sites for hydroxylation is 2. The zero-order chi connectivity index (χ0) is 15.7. The molecule has 0 amide bonds. The smallest absolute Gasteiger partial charge is 0.232 e. The Labute approximate surface area is 130 Å². The number of rotatable bonds is 3. The molecule has 0 bridgehead atoms. The molecule has 0 atom stereocenters. The quantitative estimate of drug-likeness (QED) is 0.791. The van der Waals surface area contributed by atoms with Crippen LogP contribution in [0.15, 0.2) is 42.2 Å². The SMILES string of the molecule is CCOc1cc(C)c2c(c1)O/C(=C\c1cccc(C)c1)C2=O. The highest BCUT2D eigenvalue weighted by Crippen LogP contribution is 2.37. The third-order valence-electron chi connectivity index (χ3n) is 3.59. The van der Waals surface area contributed by atoms with Gasteiger partial charge in [0.2, 0.25) is 5.78 Å². The molecule has 0 unspecified atom stereocenters. The number of hydrogen-bond acceptors (Lipinski definition) is 3. The van der Waals surface area contributed by atoms with Crippen molar-refractivity contribution in [3.63, 3.8) is 0 Å². The van der Waals surface area contributed by atoms with Gasteiger partial charge in [0.15, 0.2) is 5.76 Å². The average Bonchev–Trinajstić information content (AvgIpc) is 2.76. The zero-order valence-corrected chi connectivity index (χ0v) is 13.0. The van der Waals surface area contributed by atoms with Gasteiger partial charge >= 0.3 is 0 Å². The van der Waals surface area contributed by atoms with Crippen molar-refractivity contribution in [3.8, 4) is 11.5 Å². The van der Waals surface area contributed by atoms with Crippen molar-refractivity contribution < 1.29 is 14.3 Å². The van der Waals surface area contributed by atoms with Crippen LogP contribution in [-0.2, 0) is 0 Å². The highest BCUT2D eigenvalue weighted by atomic mass is 16.5. The number of allylic oxidation sites excluding steroid dienone is 1. The predicted octanol–water partition coefficient (Wildman–Crippen LogP) is 4.32. The Morgan fingerprint density at radius 2 is 2.00 bits per heavy atom. The number of benzene rings is 2. The van der Waals surface area contributed by atoms with E-state index in [0.29, 0.717) is 23.7 Å². The topological polar surface area (TPSA) is 35.5 Å². The standard InChI is InChI=1S/C19H18O3/c1-4-21-15-9-13(3)18-16(11-15)22-17(19(18)20)10-14-7-5-6-12(2)8-14/h5-11H,4H2,1-3H3/b17-10-. The third-order valence-corrected chi connectivity index (χ3v) is 3.59. The first-order valence-electron chi connectivity index (χ1n) is 7.37. The van der Waals surface area contributed by atoms with Crippen LogP contribution in [0.5, 0.6) is 11.5 Å². The molecule has 1 aliphatic rings. The van der Waals surface area contributed by atoms with Gasteiger partial charge in [0.05, 0.1) is 12.2 Å². The van der Waals surface area contributed by atoms with Gasteiger partial charge in [-0.1, -0.05) is 29.8 Å². The summed E-state index contributed by atoms with van der Waals surface area (Å²) in [6.45, 7) is 6.43. The van der Waals surface area contributed by atoms with Gasteiger partial charge in [0.1, 0.15) is 11.5 Å². The van der Waals surface area contributed by atoms with E-state index < -0.39 is 0 Å². The van der Waals surface area contributed by atoms with Gasteiger partial charge in [-0.05, 0) is 44.0 Å². The van der Waals surface area contributed by atoms with E-state index in [9.17, 15) is 4.79 Å². The fourth-order valence-corrected chi connectivity index (χ4v) is 2.64. The molecule has 0 fully saturated rings. The van der Waals surface area contributed by atoms with Crippen molar-refractivity contribution in [1.82, 2.24) is 0 Å². The maximum absolute atomic E-state index is 12.5. The van der Waals surface area contributed by atoms with Crippen molar-refractivity contribution in [2.75, 3.05) is 6.61 Å². The van der Waals surface area contributed by atoms with E-state index in [1.807, 2.05) is 51.1 Å². The molecule has 2 aromatic rings. The summed E-state index contributed by atoms with van der Waals surface area (Å²) in [6, 6.07) is 11.6. The van der Waals surface area contributed by atoms with Crippen LogP contribution in [0.25, 0.3) is 6.08 Å². The molecule has 3 nitrogen and oxygen atoms in total. The Morgan fingerprint density at radius 1 is 1.18 bits per heavy atom. The van der Waals surface area contributed by atoms with Crippen molar-refractivity contribution in [2.45, 2.75) is 20.8 Å². The lowest BCUT2D eigenvalue weighted by molar-refractivity contribution is 0.101. The van der Waals surface area contributed by atoms with Gasteiger partial charge in [-0.3, -0.25) is 4.79 Å². The Hall–Kier alpha value is -2.55. The number of Topliss-reactive ketones (excluding diaryl/α,β-unsaturated/α-hetero) is 1. The van der Waals surface area contributed by atoms with E-state index in [-0.39, 0.29) is 5.78 Å². The van der Waals surface area contributed by atoms with Crippen LogP contribution in [0.2, 0.25) is 0 Å². The van der Waals surface area contributed by atoms with Crippen LogP contribution in [-0.4, -0.2) is 12.4 Å². The third kappa shape index (κ3) is 2.62. The van der Waals surface area contributed by atoms with Crippen LogP contribution >= 0.6 is 0 Å². The van der Waals surface area contributed by atoms with E-state index in [4.69, 9.17) is 9.47 Å². The van der Waals surface area contributed by atoms with Crippen LogP contribution < -0.4 is 9.47 Å². The molecular formula is C19H18O3. The van der Waals surface area contributed by atoms with Crippen LogP contribution in [0.3, 0.4) is 0 Å². The summed E-state index contributed by atoms with van der Waals surface area (Å²) in [4.78, 5) is 12.5. The summed E-state index contributed by atoms with van der Waals surface area (Å²) in [5.41, 5.74) is 3.60. The minimum absolute atomic E-state index is 0.0722. The summed E-state index contributed by atoms with van der Waals surface area (Å²) in [5.74, 6) is 1.59. The minimum atomic E-state index is -0.0722. The summed E-state index contributed by atoms with van der Waals surface area (Å²) in [6.07, 6.45) is 1.79. The maximum atomic E-state index is 12.5. The number of hydrogen-bond donors (Lipinski definition) is 0. The maximum Gasteiger partial charge on any atom is 0.232 e. The first-order chi connectivity index (χ1) is 10.6. The fraction of sp³-hybridized carbons (Fsp3) is 0.211. The number of fused-ring (bicyclic) bond motifs is 1. The molecule has 0 aromatic heterocycles. The normalized spacial score (nSPS) is 14.9. The van der Waals surface area contributed by atoms with Crippen molar-refractivity contribution in [2.24, 2.45) is 0 Å². The van der Waals surface area contributed by atoms with Gasteiger partial charge in [-0.15, -0.1) is 0 Å². The summed E-state index contributed by atoms with van der Waals surface area (Å²) in [7, 11) is 0. The molecule has 0 saturated carbocycles. The van der Waals surface area contributed by atoms with Gasteiger partial charge in [-0.2, -0.15) is 0 Å². The molecule has 112 valence electrons. The predicted molar refractivity (Wildman–Crippen MR) is 86.5 cm³/mol. The lowest BCUT2D eigenvalue weighted by Gasteiger charge is -2.06. The fourth-order valence-electron chi connectivity index (χ4n) is 2.64. The molecule has 3 rings (SSSR count). The molecule has 1 heterocycles.